The lowest BCUT2D eigenvalue weighted by atomic mass is 10.1. The van der Waals surface area contributed by atoms with Crippen molar-refractivity contribution in [3.63, 3.8) is 0 Å². The average molecular weight is 283 g/mol. The number of halogens is 1. The van der Waals surface area contributed by atoms with E-state index in [0.29, 0.717) is 5.02 Å². The van der Waals surface area contributed by atoms with Gasteiger partial charge in [0.2, 0.25) is 0 Å². The molecule has 0 fully saturated rings. The van der Waals surface area contributed by atoms with E-state index in [-0.39, 0.29) is 6.04 Å². The lowest BCUT2D eigenvalue weighted by molar-refractivity contribution is 0.368. The first-order chi connectivity index (χ1) is 8.99. The Morgan fingerprint density at radius 1 is 1.37 bits per heavy atom. The van der Waals surface area contributed by atoms with Gasteiger partial charge >= 0.3 is 0 Å². The van der Waals surface area contributed by atoms with Crippen LogP contribution in [0.3, 0.4) is 0 Å². The summed E-state index contributed by atoms with van der Waals surface area (Å²) in [4.78, 5) is 2.09. The highest BCUT2D eigenvalue weighted by molar-refractivity contribution is 6.31. The van der Waals surface area contributed by atoms with Gasteiger partial charge in [0.25, 0.3) is 0 Å². The third-order valence-electron chi connectivity index (χ3n) is 2.97. The van der Waals surface area contributed by atoms with E-state index in [1.54, 1.807) is 17.1 Å². The first-order valence-electron chi connectivity index (χ1n) is 6.09. The normalized spacial score (nSPS) is 13.2. The number of nitrogens with zero attached hydrogens (tertiary/aromatic N) is 5. The van der Waals surface area contributed by atoms with Gasteiger partial charge in [-0.3, -0.25) is 9.36 Å². The van der Waals surface area contributed by atoms with Gasteiger partial charge in [-0.1, -0.05) is 11.6 Å². The minimum absolute atomic E-state index is 0.314. The highest BCUT2D eigenvalue weighted by Gasteiger charge is 2.19. The topological polar surface area (TPSA) is 64.9 Å². The van der Waals surface area contributed by atoms with Crippen LogP contribution in [0.25, 0.3) is 0 Å². The Labute approximate surface area is 117 Å². The van der Waals surface area contributed by atoms with Crippen molar-refractivity contribution in [3.05, 3.63) is 34.9 Å². The monoisotopic (exact) mass is 282 g/mol. The van der Waals surface area contributed by atoms with Crippen molar-refractivity contribution >= 4 is 11.6 Å². The van der Waals surface area contributed by atoms with Crippen LogP contribution in [0.15, 0.2) is 18.6 Å². The second-order valence-corrected chi connectivity index (χ2v) is 5.24. The molecule has 0 bridgehead atoms. The second-order valence-electron chi connectivity index (χ2n) is 4.83. The van der Waals surface area contributed by atoms with E-state index >= 15 is 0 Å². The summed E-state index contributed by atoms with van der Waals surface area (Å²) in [6.45, 7) is 1.63. The molecule has 2 N–H and O–H groups in total. The summed E-state index contributed by atoms with van der Waals surface area (Å²) >= 11 is 6.21. The van der Waals surface area contributed by atoms with Crippen LogP contribution >= 0.6 is 11.6 Å². The molecule has 19 heavy (non-hydrogen) atoms. The van der Waals surface area contributed by atoms with E-state index in [1.807, 2.05) is 32.0 Å². The Morgan fingerprint density at radius 3 is 2.68 bits per heavy atom. The predicted molar refractivity (Wildman–Crippen MR) is 75.0 cm³/mol. The van der Waals surface area contributed by atoms with E-state index in [9.17, 15) is 0 Å². The third-order valence-corrected chi connectivity index (χ3v) is 3.26. The summed E-state index contributed by atoms with van der Waals surface area (Å²) in [5, 5.41) is 9.02. The van der Waals surface area contributed by atoms with Crippen molar-refractivity contribution in [2.45, 2.75) is 12.6 Å². The van der Waals surface area contributed by atoms with Gasteiger partial charge in [0, 0.05) is 25.4 Å². The van der Waals surface area contributed by atoms with Gasteiger partial charge in [0.1, 0.15) is 0 Å². The number of aryl methyl sites for hydroxylation is 1. The van der Waals surface area contributed by atoms with E-state index in [2.05, 4.69) is 15.1 Å². The zero-order chi connectivity index (χ0) is 14.0. The van der Waals surface area contributed by atoms with Crippen LogP contribution in [-0.4, -0.2) is 45.1 Å². The van der Waals surface area contributed by atoms with Crippen molar-refractivity contribution in [3.8, 4) is 0 Å². The lowest BCUT2D eigenvalue weighted by Gasteiger charge is -2.15. The van der Waals surface area contributed by atoms with E-state index in [4.69, 9.17) is 17.3 Å². The Kier molecular flexibility index (Phi) is 4.24. The van der Waals surface area contributed by atoms with Crippen molar-refractivity contribution < 1.29 is 0 Å². The number of aromatic nitrogens is 4. The summed E-state index contributed by atoms with van der Waals surface area (Å²) in [6, 6.07) is -0.314. The molecule has 0 saturated carbocycles. The highest BCUT2D eigenvalue weighted by atomic mass is 35.5. The highest BCUT2D eigenvalue weighted by Crippen LogP contribution is 2.26. The lowest BCUT2D eigenvalue weighted by Crippen LogP contribution is -2.23. The van der Waals surface area contributed by atoms with Gasteiger partial charge in [-0.25, -0.2) is 0 Å². The molecule has 0 amide bonds. The first-order valence-corrected chi connectivity index (χ1v) is 6.47. The fraction of sp³-hybridized carbons (Fsp3) is 0.500. The molecule has 1 atom stereocenters. The molecule has 6 nitrogen and oxygen atoms in total. The Bertz CT molecular complexity index is 544. The Morgan fingerprint density at radius 2 is 2.11 bits per heavy atom. The zero-order valence-corrected chi connectivity index (χ0v) is 12.2. The molecular weight excluding hydrogens is 264 g/mol. The van der Waals surface area contributed by atoms with E-state index in [1.165, 1.54) is 0 Å². The summed E-state index contributed by atoms with van der Waals surface area (Å²) < 4.78 is 3.59. The molecule has 0 saturated heterocycles. The fourth-order valence-corrected chi connectivity index (χ4v) is 2.17. The van der Waals surface area contributed by atoms with Gasteiger partial charge in [-0.05, 0) is 14.1 Å². The summed E-state index contributed by atoms with van der Waals surface area (Å²) in [7, 11) is 5.90. The van der Waals surface area contributed by atoms with Gasteiger partial charge in [-0.15, -0.1) is 0 Å². The van der Waals surface area contributed by atoms with Crippen molar-refractivity contribution in [1.82, 2.24) is 24.5 Å². The number of hydrogen-bond donors (Lipinski definition) is 1. The molecule has 2 rings (SSSR count). The molecule has 0 radical (unpaired) electrons. The average Bonchev–Trinajstić information content (AvgIpc) is 2.92. The number of nitrogens with two attached hydrogens (primary N) is 1. The van der Waals surface area contributed by atoms with Gasteiger partial charge in [0.15, 0.2) is 0 Å². The molecule has 7 heteroatoms. The molecule has 2 aromatic rings. The smallest absolute Gasteiger partial charge is 0.0837 e. The first kappa shape index (κ1) is 14.0. The molecule has 104 valence electrons. The maximum atomic E-state index is 6.27. The van der Waals surface area contributed by atoms with Crippen molar-refractivity contribution in [2.75, 3.05) is 20.6 Å². The SMILES string of the molecule is CN(C)CCn1ncc(Cl)c1C(N)c1cnn(C)c1. The quantitative estimate of drug-likeness (QED) is 0.884. The number of hydrogen-bond acceptors (Lipinski definition) is 4. The molecule has 0 aliphatic heterocycles. The molecule has 0 aliphatic carbocycles. The summed E-state index contributed by atoms with van der Waals surface area (Å²) in [5.41, 5.74) is 8.03. The molecular formula is C12H19ClN6. The van der Waals surface area contributed by atoms with Crippen LogP contribution in [0.1, 0.15) is 17.3 Å². The van der Waals surface area contributed by atoms with Crippen LogP contribution in [0.2, 0.25) is 5.02 Å². The van der Waals surface area contributed by atoms with Crippen LogP contribution in [0.4, 0.5) is 0 Å². The molecule has 2 heterocycles. The largest absolute Gasteiger partial charge is 0.319 e. The molecule has 0 aromatic carbocycles. The fourth-order valence-electron chi connectivity index (χ4n) is 1.91. The zero-order valence-electron chi connectivity index (χ0n) is 11.4. The standard InChI is InChI=1S/C12H19ClN6/c1-17(2)4-5-19-12(10(13)7-16-19)11(14)9-6-15-18(3)8-9/h6-8,11H,4-5,14H2,1-3H3. The van der Waals surface area contributed by atoms with Crippen molar-refractivity contribution in [1.29, 1.82) is 0 Å². The van der Waals surface area contributed by atoms with Crippen LogP contribution in [0, 0.1) is 0 Å². The number of rotatable bonds is 5. The van der Waals surface area contributed by atoms with Gasteiger partial charge < -0.3 is 10.6 Å². The number of likely N-dealkylation sites (N-methyl/N-ethyl adjacent to an activating group) is 1. The Hall–Kier alpha value is -1.37. The van der Waals surface area contributed by atoms with E-state index in [0.717, 1.165) is 24.3 Å². The second kappa shape index (κ2) is 5.73. The van der Waals surface area contributed by atoms with Crippen LogP contribution in [-0.2, 0) is 13.6 Å². The minimum Gasteiger partial charge on any atom is -0.319 e. The third kappa shape index (κ3) is 3.15. The predicted octanol–water partition coefficient (Wildman–Crippen LogP) is 0.880. The van der Waals surface area contributed by atoms with Gasteiger partial charge in [-0.2, -0.15) is 10.2 Å². The Balaban J connectivity index is 2.25. The molecule has 0 spiro atoms. The van der Waals surface area contributed by atoms with Gasteiger partial charge in [0.05, 0.1) is 35.7 Å². The summed E-state index contributed by atoms with van der Waals surface area (Å²) in [5.74, 6) is 0. The van der Waals surface area contributed by atoms with E-state index < -0.39 is 0 Å². The van der Waals surface area contributed by atoms with Crippen LogP contribution < -0.4 is 5.73 Å². The van der Waals surface area contributed by atoms with Crippen molar-refractivity contribution in [2.24, 2.45) is 12.8 Å². The molecule has 2 aromatic heterocycles. The molecule has 1 unspecified atom stereocenters. The van der Waals surface area contributed by atoms with Crippen LogP contribution in [0.5, 0.6) is 0 Å². The molecule has 0 aliphatic rings. The maximum absolute atomic E-state index is 6.27. The minimum atomic E-state index is -0.314. The maximum Gasteiger partial charge on any atom is 0.0837 e. The summed E-state index contributed by atoms with van der Waals surface area (Å²) in [6.07, 6.45) is 5.29.